The van der Waals surface area contributed by atoms with Crippen molar-refractivity contribution in [3.05, 3.63) is 59.3 Å². The van der Waals surface area contributed by atoms with Crippen molar-refractivity contribution in [1.82, 2.24) is 25.1 Å². The van der Waals surface area contributed by atoms with E-state index in [2.05, 4.69) is 25.1 Å². The molecule has 1 atom stereocenters. The minimum absolute atomic E-state index is 0.0637. The number of amides is 1. The highest BCUT2D eigenvalue weighted by molar-refractivity contribution is 6.32. The minimum atomic E-state index is -4.74. The molecule has 0 fully saturated rings. The lowest BCUT2D eigenvalue weighted by molar-refractivity contribution is -0.145. The first-order valence-corrected chi connectivity index (χ1v) is 9.46. The first-order valence-electron chi connectivity index (χ1n) is 9.08. The molecule has 1 amide bonds. The Balaban J connectivity index is 1.76. The number of rotatable bonds is 8. The van der Waals surface area contributed by atoms with Crippen LogP contribution in [-0.4, -0.2) is 51.4 Å². The molecule has 2 N–H and O–H groups in total. The van der Waals surface area contributed by atoms with Crippen LogP contribution in [-0.2, 0) is 26.9 Å². The first-order chi connectivity index (χ1) is 15.2. The SMILES string of the molecule is COC(=O)C(Cc1cnc[nH]1)NC(=O)COc1cc(C(F)(F)F)nn1-c1ccccc1Cl. The zero-order valence-electron chi connectivity index (χ0n) is 16.5. The Kier molecular flexibility index (Phi) is 7.03. The number of hydrogen-bond acceptors (Lipinski definition) is 6. The monoisotopic (exact) mass is 471 g/mol. The molecule has 0 spiro atoms. The van der Waals surface area contributed by atoms with Crippen LogP contribution < -0.4 is 10.1 Å². The van der Waals surface area contributed by atoms with Crippen molar-refractivity contribution in [3.63, 3.8) is 0 Å². The van der Waals surface area contributed by atoms with E-state index in [9.17, 15) is 22.8 Å². The van der Waals surface area contributed by atoms with Gasteiger partial charge in [0.1, 0.15) is 6.04 Å². The number of methoxy groups -OCH3 is 1. The maximum absolute atomic E-state index is 13.2. The molecule has 0 saturated carbocycles. The third kappa shape index (κ3) is 5.58. The predicted molar refractivity (Wildman–Crippen MR) is 105 cm³/mol. The van der Waals surface area contributed by atoms with Crippen molar-refractivity contribution in [2.75, 3.05) is 13.7 Å². The first kappa shape index (κ1) is 23.1. The van der Waals surface area contributed by atoms with E-state index in [0.29, 0.717) is 11.8 Å². The van der Waals surface area contributed by atoms with Crippen LogP contribution in [0.15, 0.2) is 42.9 Å². The van der Waals surface area contributed by atoms with Crippen LogP contribution in [0, 0.1) is 0 Å². The van der Waals surface area contributed by atoms with Crippen molar-refractivity contribution in [3.8, 4) is 11.6 Å². The zero-order valence-corrected chi connectivity index (χ0v) is 17.3. The molecular weight excluding hydrogens is 455 g/mol. The lowest BCUT2D eigenvalue weighted by atomic mass is 10.1. The number of carbonyl (C=O) groups is 2. The van der Waals surface area contributed by atoms with Crippen LogP contribution in [0.25, 0.3) is 5.69 Å². The summed E-state index contributed by atoms with van der Waals surface area (Å²) in [5, 5.41) is 6.06. The molecule has 0 aliphatic carbocycles. The molecule has 13 heteroatoms. The fourth-order valence-corrected chi connectivity index (χ4v) is 2.94. The summed E-state index contributed by atoms with van der Waals surface area (Å²) in [6.07, 6.45) is -1.80. The number of nitrogens with one attached hydrogen (secondary N) is 2. The molecule has 0 aliphatic heterocycles. The number of nitrogens with zero attached hydrogens (tertiary/aromatic N) is 3. The van der Waals surface area contributed by atoms with Gasteiger partial charge in [-0.3, -0.25) is 4.79 Å². The Morgan fingerprint density at radius 3 is 2.69 bits per heavy atom. The highest BCUT2D eigenvalue weighted by Crippen LogP contribution is 2.33. The Hall–Kier alpha value is -3.54. The van der Waals surface area contributed by atoms with E-state index >= 15 is 0 Å². The summed E-state index contributed by atoms with van der Waals surface area (Å²) < 4.78 is 50.3. The Morgan fingerprint density at radius 1 is 1.31 bits per heavy atom. The molecule has 1 aromatic carbocycles. The Labute approximate surface area is 184 Å². The smallest absolute Gasteiger partial charge is 0.435 e. The molecule has 9 nitrogen and oxygen atoms in total. The van der Waals surface area contributed by atoms with Gasteiger partial charge in [0, 0.05) is 24.4 Å². The van der Waals surface area contributed by atoms with Gasteiger partial charge >= 0.3 is 12.1 Å². The van der Waals surface area contributed by atoms with E-state index in [4.69, 9.17) is 16.3 Å². The van der Waals surface area contributed by atoms with Crippen molar-refractivity contribution in [2.24, 2.45) is 0 Å². The summed E-state index contributed by atoms with van der Waals surface area (Å²) in [7, 11) is 1.16. The molecular formula is C19H17ClF3N5O4. The fraction of sp³-hybridized carbons (Fsp3) is 0.263. The zero-order chi connectivity index (χ0) is 23.3. The van der Waals surface area contributed by atoms with Gasteiger partial charge in [0.25, 0.3) is 5.91 Å². The number of halogens is 4. The summed E-state index contributed by atoms with van der Waals surface area (Å²) in [6.45, 7) is -0.691. The number of benzene rings is 1. The number of aromatic nitrogens is 4. The maximum atomic E-state index is 13.2. The van der Waals surface area contributed by atoms with Crippen molar-refractivity contribution >= 4 is 23.5 Å². The number of aromatic amines is 1. The average Bonchev–Trinajstić information content (AvgIpc) is 3.41. The van der Waals surface area contributed by atoms with Gasteiger partial charge < -0.3 is 19.8 Å². The molecule has 0 aliphatic rings. The van der Waals surface area contributed by atoms with Gasteiger partial charge in [-0.1, -0.05) is 23.7 Å². The Morgan fingerprint density at radius 2 is 2.06 bits per heavy atom. The second-order valence-corrected chi connectivity index (χ2v) is 6.85. The molecule has 0 radical (unpaired) electrons. The van der Waals surface area contributed by atoms with Crippen LogP contribution in [0.5, 0.6) is 5.88 Å². The summed E-state index contributed by atoms with van der Waals surface area (Å²) >= 11 is 6.07. The van der Waals surface area contributed by atoms with Crippen LogP contribution in [0.4, 0.5) is 13.2 Å². The summed E-state index contributed by atoms with van der Waals surface area (Å²) in [5.74, 6) is -1.84. The van der Waals surface area contributed by atoms with E-state index in [0.717, 1.165) is 11.8 Å². The van der Waals surface area contributed by atoms with Crippen LogP contribution in [0.1, 0.15) is 11.4 Å². The van der Waals surface area contributed by atoms with Crippen molar-refractivity contribution < 1.29 is 32.2 Å². The molecule has 2 aromatic heterocycles. The number of esters is 1. The van der Waals surface area contributed by atoms with Crippen LogP contribution in [0.3, 0.4) is 0 Å². The fourth-order valence-electron chi connectivity index (χ4n) is 2.73. The topological polar surface area (TPSA) is 111 Å². The summed E-state index contributed by atoms with van der Waals surface area (Å²) in [6, 6.07) is 5.66. The standard InChI is InChI=1S/C19H17ClF3N5O4/c1-31-18(30)13(6-11-8-24-10-25-11)26-16(29)9-32-17-7-15(19(21,22)23)27-28(17)14-5-3-2-4-12(14)20/h2-5,7-8,10,13H,6,9H2,1H3,(H,24,25)(H,26,29). The normalized spacial score (nSPS) is 12.3. The van der Waals surface area contributed by atoms with E-state index in [1.54, 1.807) is 12.1 Å². The van der Waals surface area contributed by atoms with Gasteiger partial charge in [-0.25, -0.2) is 9.78 Å². The molecule has 0 saturated heterocycles. The minimum Gasteiger partial charge on any atom is -0.467 e. The van der Waals surface area contributed by atoms with Gasteiger partial charge in [0.2, 0.25) is 5.88 Å². The quantitative estimate of drug-likeness (QED) is 0.488. The molecule has 0 bridgehead atoms. The number of imidazole rings is 1. The van der Waals surface area contributed by atoms with E-state index in [1.165, 1.54) is 24.7 Å². The highest BCUT2D eigenvalue weighted by Gasteiger charge is 2.36. The number of H-pyrrole nitrogens is 1. The lowest BCUT2D eigenvalue weighted by Gasteiger charge is -2.16. The third-order valence-electron chi connectivity index (χ3n) is 4.20. The molecule has 3 aromatic rings. The summed E-state index contributed by atoms with van der Waals surface area (Å²) in [5.41, 5.74) is -0.528. The van der Waals surface area contributed by atoms with Gasteiger partial charge in [-0.15, -0.1) is 0 Å². The van der Waals surface area contributed by atoms with Crippen molar-refractivity contribution in [1.29, 1.82) is 0 Å². The van der Waals surface area contributed by atoms with Crippen LogP contribution in [0.2, 0.25) is 5.02 Å². The highest BCUT2D eigenvalue weighted by atomic mass is 35.5. The van der Waals surface area contributed by atoms with Gasteiger partial charge in [-0.05, 0) is 12.1 Å². The second kappa shape index (κ2) is 9.73. The van der Waals surface area contributed by atoms with Crippen LogP contribution >= 0.6 is 11.6 Å². The molecule has 3 rings (SSSR count). The number of hydrogen-bond donors (Lipinski definition) is 2. The maximum Gasteiger partial charge on any atom is 0.435 e. The second-order valence-electron chi connectivity index (χ2n) is 6.44. The van der Waals surface area contributed by atoms with Gasteiger partial charge in [0.15, 0.2) is 12.3 Å². The number of alkyl halides is 3. The number of para-hydroxylation sites is 1. The number of carbonyl (C=O) groups excluding carboxylic acids is 2. The molecule has 1 unspecified atom stereocenters. The average molecular weight is 472 g/mol. The van der Waals surface area contributed by atoms with Crippen molar-refractivity contribution in [2.45, 2.75) is 18.6 Å². The summed E-state index contributed by atoms with van der Waals surface area (Å²) in [4.78, 5) is 30.9. The van der Waals surface area contributed by atoms with Gasteiger partial charge in [0.05, 0.1) is 24.1 Å². The van der Waals surface area contributed by atoms with E-state index in [-0.39, 0.29) is 23.0 Å². The number of ether oxygens (including phenoxy) is 2. The third-order valence-corrected chi connectivity index (χ3v) is 4.52. The van der Waals surface area contributed by atoms with E-state index in [1.807, 2.05) is 0 Å². The molecule has 2 heterocycles. The molecule has 32 heavy (non-hydrogen) atoms. The lowest BCUT2D eigenvalue weighted by Crippen LogP contribution is -2.45. The van der Waals surface area contributed by atoms with Gasteiger partial charge in [-0.2, -0.15) is 23.0 Å². The largest absolute Gasteiger partial charge is 0.467 e. The predicted octanol–water partition coefficient (Wildman–Crippen LogP) is 2.55. The van der Waals surface area contributed by atoms with E-state index < -0.39 is 36.4 Å². The molecule has 170 valence electrons. The Bertz CT molecular complexity index is 1090.